The SMILES string of the molecule is COC1O[C@H](C(=O)O)C(O)[C@H](O)C1NC(=O)OCc1ccccc1. The second kappa shape index (κ2) is 8.06. The van der Waals surface area contributed by atoms with Gasteiger partial charge in [0.25, 0.3) is 0 Å². The summed E-state index contributed by atoms with van der Waals surface area (Å²) in [5, 5.41) is 31.1. The van der Waals surface area contributed by atoms with E-state index in [2.05, 4.69) is 5.32 Å². The first kappa shape index (κ1) is 18.1. The minimum atomic E-state index is -1.73. The van der Waals surface area contributed by atoms with Crippen LogP contribution in [0.4, 0.5) is 4.79 Å². The van der Waals surface area contributed by atoms with Crippen LogP contribution in [-0.2, 0) is 25.6 Å². The molecule has 1 heterocycles. The van der Waals surface area contributed by atoms with Gasteiger partial charge in [0.1, 0.15) is 24.9 Å². The normalized spacial score (nSPS) is 29.7. The number of ether oxygens (including phenoxy) is 3. The molecule has 0 saturated carbocycles. The van der Waals surface area contributed by atoms with Crippen LogP contribution in [-0.4, -0.2) is 65.1 Å². The molecule has 0 radical (unpaired) electrons. The molecule has 2 rings (SSSR count). The van der Waals surface area contributed by atoms with Gasteiger partial charge in [0.2, 0.25) is 0 Å². The fourth-order valence-electron chi connectivity index (χ4n) is 2.32. The molecule has 0 spiro atoms. The lowest BCUT2D eigenvalue weighted by Crippen LogP contribution is -2.65. The number of amides is 1. The summed E-state index contributed by atoms with van der Waals surface area (Å²) >= 11 is 0. The summed E-state index contributed by atoms with van der Waals surface area (Å²) in [7, 11) is 1.22. The van der Waals surface area contributed by atoms with Gasteiger partial charge >= 0.3 is 12.1 Å². The minimum absolute atomic E-state index is 0.00823. The molecule has 0 bridgehead atoms. The van der Waals surface area contributed by atoms with Crippen LogP contribution in [0.2, 0.25) is 0 Å². The molecule has 1 amide bonds. The number of hydrogen-bond donors (Lipinski definition) is 4. The van der Waals surface area contributed by atoms with E-state index in [-0.39, 0.29) is 6.61 Å². The lowest BCUT2D eigenvalue weighted by Gasteiger charge is -2.40. The van der Waals surface area contributed by atoms with Crippen molar-refractivity contribution >= 4 is 12.1 Å². The van der Waals surface area contributed by atoms with Gasteiger partial charge in [0.05, 0.1) is 0 Å². The van der Waals surface area contributed by atoms with E-state index in [9.17, 15) is 19.8 Å². The third kappa shape index (κ3) is 4.20. The Bertz CT molecular complexity index is 564. The zero-order chi connectivity index (χ0) is 17.7. The Kier molecular flexibility index (Phi) is 6.10. The number of nitrogens with one attached hydrogen (secondary N) is 1. The van der Waals surface area contributed by atoms with E-state index in [1.54, 1.807) is 24.3 Å². The van der Waals surface area contributed by atoms with Gasteiger partial charge in [-0.2, -0.15) is 0 Å². The van der Waals surface area contributed by atoms with Crippen molar-refractivity contribution in [1.82, 2.24) is 5.32 Å². The van der Waals surface area contributed by atoms with Gasteiger partial charge in [-0.15, -0.1) is 0 Å². The zero-order valence-corrected chi connectivity index (χ0v) is 12.9. The third-order valence-electron chi connectivity index (χ3n) is 3.57. The minimum Gasteiger partial charge on any atom is -0.479 e. The number of aliphatic carboxylic acids is 1. The molecule has 3 unspecified atom stereocenters. The van der Waals surface area contributed by atoms with Crippen molar-refractivity contribution in [2.75, 3.05) is 7.11 Å². The third-order valence-corrected chi connectivity index (χ3v) is 3.57. The second-order valence-corrected chi connectivity index (χ2v) is 5.21. The molecule has 132 valence electrons. The Hall–Kier alpha value is -2.20. The number of methoxy groups -OCH3 is 1. The largest absolute Gasteiger partial charge is 0.479 e. The maximum Gasteiger partial charge on any atom is 0.407 e. The molecule has 1 aromatic rings. The molecule has 1 saturated heterocycles. The van der Waals surface area contributed by atoms with Crippen LogP contribution in [0, 0.1) is 0 Å². The van der Waals surface area contributed by atoms with Crippen LogP contribution in [0.5, 0.6) is 0 Å². The van der Waals surface area contributed by atoms with E-state index < -0.39 is 42.7 Å². The highest BCUT2D eigenvalue weighted by molar-refractivity contribution is 5.73. The summed E-state index contributed by atoms with van der Waals surface area (Å²) in [6.07, 6.45) is -7.12. The fourth-order valence-corrected chi connectivity index (χ4v) is 2.32. The van der Waals surface area contributed by atoms with Crippen molar-refractivity contribution in [3.05, 3.63) is 35.9 Å². The smallest absolute Gasteiger partial charge is 0.407 e. The Balaban J connectivity index is 1.96. The average Bonchev–Trinajstić information content (AvgIpc) is 2.58. The number of aliphatic hydroxyl groups excluding tert-OH is 2. The molecular formula is C15H19NO8. The van der Waals surface area contributed by atoms with E-state index in [0.29, 0.717) is 0 Å². The van der Waals surface area contributed by atoms with E-state index in [1.807, 2.05) is 6.07 Å². The number of carbonyl (C=O) groups is 2. The van der Waals surface area contributed by atoms with Crippen molar-refractivity contribution in [2.45, 2.75) is 37.3 Å². The summed E-state index contributed by atoms with van der Waals surface area (Å²) in [6.45, 7) is 0.00823. The number of alkyl carbamates (subject to hydrolysis) is 1. The maximum absolute atomic E-state index is 11.9. The molecule has 1 aliphatic heterocycles. The van der Waals surface area contributed by atoms with Gasteiger partial charge in [-0.05, 0) is 5.56 Å². The number of hydrogen-bond acceptors (Lipinski definition) is 7. The molecular weight excluding hydrogens is 322 g/mol. The Morgan fingerprint density at radius 1 is 1.21 bits per heavy atom. The summed E-state index contributed by atoms with van der Waals surface area (Å²) in [5.41, 5.74) is 0.766. The standard InChI is InChI=1S/C15H19NO8/c1-22-14-9(10(17)11(18)12(24-14)13(19)20)16-15(21)23-7-8-5-3-2-4-6-8/h2-6,9-12,14,17-18H,7H2,1H3,(H,16,21)(H,19,20)/t9?,10-,11?,12+,14?/m1/s1. The molecule has 9 heteroatoms. The number of benzene rings is 1. The van der Waals surface area contributed by atoms with Crippen LogP contribution in [0.15, 0.2) is 30.3 Å². The first-order chi connectivity index (χ1) is 11.4. The average molecular weight is 341 g/mol. The molecule has 0 aromatic heterocycles. The van der Waals surface area contributed by atoms with Crippen molar-refractivity contribution in [1.29, 1.82) is 0 Å². The number of rotatable bonds is 5. The quantitative estimate of drug-likeness (QED) is 0.561. The van der Waals surface area contributed by atoms with Crippen LogP contribution in [0.25, 0.3) is 0 Å². The maximum atomic E-state index is 11.9. The van der Waals surface area contributed by atoms with E-state index in [0.717, 1.165) is 5.56 Å². The highest BCUT2D eigenvalue weighted by Crippen LogP contribution is 2.22. The number of carbonyl (C=O) groups excluding carboxylic acids is 1. The highest BCUT2D eigenvalue weighted by atomic mass is 16.7. The van der Waals surface area contributed by atoms with Gasteiger partial charge < -0.3 is 34.8 Å². The lowest BCUT2D eigenvalue weighted by molar-refractivity contribution is -0.256. The molecule has 1 fully saturated rings. The second-order valence-electron chi connectivity index (χ2n) is 5.21. The molecule has 24 heavy (non-hydrogen) atoms. The van der Waals surface area contributed by atoms with Crippen molar-refractivity contribution in [3.8, 4) is 0 Å². The van der Waals surface area contributed by atoms with Crippen LogP contribution in [0.1, 0.15) is 5.56 Å². The van der Waals surface area contributed by atoms with E-state index in [4.69, 9.17) is 19.3 Å². The number of carboxylic acids is 1. The molecule has 4 N–H and O–H groups in total. The van der Waals surface area contributed by atoms with E-state index >= 15 is 0 Å². The van der Waals surface area contributed by atoms with Crippen molar-refractivity contribution in [2.24, 2.45) is 0 Å². The van der Waals surface area contributed by atoms with Crippen molar-refractivity contribution in [3.63, 3.8) is 0 Å². The van der Waals surface area contributed by atoms with E-state index in [1.165, 1.54) is 7.11 Å². The fraction of sp³-hybridized carbons (Fsp3) is 0.467. The van der Waals surface area contributed by atoms with Crippen LogP contribution < -0.4 is 5.32 Å². The molecule has 9 nitrogen and oxygen atoms in total. The van der Waals surface area contributed by atoms with Gasteiger partial charge in [-0.25, -0.2) is 9.59 Å². The summed E-state index contributed by atoms with van der Waals surface area (Å²) in [6, 6.07) is 7.75. The van der Waals surface area contributed by atoms with Crippen LogP contribution >= 0.6 is 0 Å². The van der Waals surface area contributed by atoms with Crippen molar-refractivity contribution < 1.29 is 39.1 Å². The monoisotopic (exact) mass is 341 g/mol. The van der Waals surface area contributed by atoms with Gasteiger partial charge in [-0.1, -0.05) is 30.3 Å². The Labute approximate surface area is 137 Å². The first-order valence-electron chi connectivity index (χ1n) is 7.18. The topological polar surface area (TPSA) is 135 Å². The number of aliphatic hydroxyl groups is 2. The number of carboxylic acid groups (broad SMARTS) is 1. The predicted molar refractivity (Wildman–Crippen MR) is 78.9 cm³/mol. The lowest BCUT2D eigenvalue weighted by atomic mass is 9.97. The molecule has 5 atom stereocenters. The molecule has 1 aliphatic rings. The van der Waals surface area contributed by atoms with Gasteiger partial charge in [0.15, 0.2) is 12.4 Å². The Morgan fingerprint density at radius 3 is 2.46 bits per heavy atom. The molecule has 0 aliphatic carbocycles. The summed E-state index contributed by atoms with van der Waals surface area (Å²) in [5.74, 6) is -1.45. The summed E-state index contributed by atoms with van der Waals surface area (Å²) in [4.78, 5) is 22.9. The molecule has 1 aromatic carbocycles. The first-order valence-corrected chi connectivity index (χ1v) is 7.18. The van der Waals surface area contributed by atoms with Crippen LogP contribution in [0.3, 0.4) is 0 Å². The predicted octanol–water partition coefficient (Wildman–Crippen LogP) is -0.541. The van der Waals surface area contributed by atoms with Gasteiger partial charge in [-0.3, -0.25) is 0 Å². The Morgan fingerprint density at radius 2 is 1.88 bits per heavy atom. The highest BCUT2D eigenvalue weighted by Gasteiger charge is 2.48. The zero-order valence-electron chi connectivity index (χ0n) is 12.9. The van der Waals surface area contributed by atoms with Gasteiger partial charge in [0, 0.05) is 7.11 Å². The summed E-state index contributed by atoms with van der Waals surface area (Å²) < 4.78 is 15.0.